The minimum atomic E-state index is -3.93. The van der Waals surface area contributed by atoms with Crippen molar-refractivity contribution in [1.82, 2.24) is 4.31 Å². The zero-order chi connectivity index (χ0) is 21.2. The summed E-state index contributed by atoms with van der Waals surface area (Å²) in [6.45, 7) is 1.05. The predicted molar refractivity (Wildman–Crippen MR) is 111 cm³/mol. The molecular formula is C19H19N3O5S2. The first-order valence-electron chi connectivity index (χ1n) is 8.61. The average Bonchev–Trinajstić information content (AvgIpc) is 2.67. The minimum absolute atomic E-state index is 0.0137. The van der Waals surface area contributed by atoms with Crippen LogP contribution in [0.1, 0.15) is 17.3 Å². The maximum absolute atomic E-state index is 12.8. The maximum atomic E-state index is 12.8. The van der Waals surface area contributed by atoms with Gasteiger partial charge in [0.2, 0.25) is 21.8 Å². The fourth-order valence-corrected chi connectivity index (χ4v) is 4.62. The molecule has 10 heteroatoms. The van der Waals surface area contributed by atoms with Crippen LogP contribution in [0.15, 0.2) is 52.3 Å². The van der Waals surface area contributed by atoms with Gasteiger partial charge in [0.15, 0.2) is 5.78 Å². The van der Waals surface area contributed by atoms with Crippen molar-refractivity contribution in [3.63, 3.8) is 0 Å². The van der Waals surface area contributed by atoms with E-state index in [4.69, 9.17) is 0 Å². The number of hydrogen-bond acceptors (Lipinski definition) is 6. The number of carbonyl (C=O) groups excluding carboxylic acids is 3. The van der Waals surface area contributed by atoms with Gasteiger partial charge in [0, 0.05) is 23.2 Å². The van der Waals surface area contributed by atoms with Crippen LogP contribution in [-0.2, 0) is 19.6 Å². The van der Waals surface area contributed by atoms with Gasteiger partial charge in [-0.2, -0.15) is 4.31 Å². The number of ketones is 1. The fraction of sp³-hybridized carbons (Fsp3) is 0.211. The Hall–Kier alpha value is -2.69. The Kier molecular flexibility index (Phi) is 6.06. The molecule has 0 saturated heterocycles. The minimum Gasteiger partial charge on any atom is -0.325 e. The van der Waals surface area contributed by atoms with Gasteiger partial charge in [0.25, 0.3) is 0 Å². The molecule has 2 amide bonds. The van der Waals surface area contributed by atoms with E-state index in [0.29, 0.717) is 16.9 Å². The van der Waals surface area contributed by atoms with Crippen molar-refractivity contribution in [3.05, 3.63) is 48.0 Å². The molecule has 0 bridgehead atoms. The second-order valence-electron chi connectivity index (χ2n) is 6.44. The topological polar surface area (TPSA) is 113 Å². The molecule has 2 N–H and O–H groups in total. The number of amides is 2. The van der Waals surface area contributed by atoms with E-state index in [-0.39, 0.29) is 22.3 Å². The van der Waals surface area contributed by atoms with Crippen LogP contribution in [0.2, 0.25) is 0 Å². The van der Waals surface area contributed by atoms with E-state index in [2.05, 4.69) is 10.6 Å². The van der Waals surface area contributed by atoms with Gasteiger partial charge in [-0.15, -0.1) is 11.8 Å². The number of likely N-dealkylation sites (N-methyl/N-ethyl adjacent to an activating group) is 1. The third-order valence-electron chi connectivity index (χ3n) is 4.23. The third-order valence-corrected chi connectivity index (χ3v) is 7.11. The van der Waals surface area contributed by atoms with E-state index in [1.165, 1.54) is 37.9 Å². The Morgan fingerprint density at radius 2 is 1.86 bits per heavy atom. The molecule has 1 aliphatic rings. The number of Topliss-reactive ketones (excluding diaryl/α,β-unsaturated/α-hetero) is 1. The lowest BCUT2D eigenvalue weighted by atomic mass is 10.1. The molecule has 0 radical (unpaired) electrons. The van der Waals surface area contributed by atoms with E-state index >= 15 is 0 Å². The molecule has 0 aliphatic carbocycles. The van der Waals surface area contributed by atoms with Crippen molar-refractivity contribution in [2.24, 2.45) is 0 Å². The molecule has 3 rings (SSSR count). The highest BCUT2D eigenvalue weighted by Crippen LogP contribution is 2.33. The van der Waals surface area contributed by atoms with E-state index in [1.54, 1.807) is 30.3 Å². The first-order valence-corrected chi connectivity index (χ1v) is 11.0. The highest BCUT2D eigenvalue weighted by Gasteiger charge is 2.25. The van der Waals surface area contributed by atoms with Gasteiger partial charge < -0.3 is 10.6 Å². The van der Waals surface area contributed by atoms with Gasteiger partial charge in [-0.05, 0) is 49.4 Å². The van der Waals surface area contributed by atoms with Crippen LogP contribution < -0.4 is 10.6 Å². The highest BCUT2D eigenvalue weighted by atomic mass is 32.2. The number of nitrogens with one attached hydrogen (secondary N) is 2. The van der Waals surface area contributed by atoms with E-state index < -0.39 is 22.5 Å². The second-order valence-corrected chi connectivity index (χ2v) is 9.50. The van der Waals surface area contributed by atoms with Gasteiger partial charge in [-0.25, -0.2) is 8.42 Å². The summed E-state index contributed by atoms with van der Waals surface area (Å²) in [7, 11) is -2.62. The van der Waals surface area contributed by atoms with Crippen molar-refractivity contribution in [2.75, 3.05) is 30.0 Å². The standard InChI is InChI=1S/C19H19N3O5S2/c1-12(23)13-3-5-14(6-4-13)20-18(24)10-22(2)29(26,27)15-7-8-17-16(9-15)21-19(25)11-28-17/h3-9H,10-11H2,1-2H3,(H,20,24)(H,21,25). The molecule has 0 unspecified atom stereocenters. The zero-order valence-electron chi connectivity index (χ0n) is 15.8. The van der Waals surface area contributed by atoms with Crippen molar-refractivity contribution in [2.45, 2.75) is 16.7 Å². The Morgan fingerprint density at radius 3 is 2.52 bits per heavy atom. The summed E-state index contributed by atoms with van der Waals surface area (Å²) in [6.07, 6.45) is 0. The summed E-state index contributed by atoms with van der Waals surface area (Å²) < 4.78 is 26.5. The summed E-state index contributed by atoms with van der Waals surface area (Å²) in [5.41, 5.74) is 1.41. The van der Waals surface area contributed by atoms with Crippen molar-refractivity contribution in [3.8, 4) is 0 Å². The molecule has 1 heterocycles. The van der Waals surface area contributed by atoms with Crippen LogP contribution in [0.5, 0.6) is 0 Å². The number of thioether (sulfide) groups is 1. The fourth-order valence-electron chi connectivity index (χ4n) is 2.68. The van der Waals surface area contributed by atoms with Crippen molar-refractivity contribution >= 4 is 50.8 Å². The molecule has 0 atom stereocenters. The number of rotatable bonds is 6. The van der Waals surface area contributed by atoms with Gasteiger partial charge in [0.1, 0.15) is 0 Å². The summed E-state index contributed by atoms with van der Waals surface area (Å²) in [5.74, 6) is -0.519. The van der Waals surface area contributed by atoms with Crippen LogP contribution in [0.4, 0.5) is 11.4 Å². The van der Waals surface area contributed by atoms with E-state index in [0.717, 1.165) is 9.20 Å². The maximum Gasteiger partial charge on any atom is 0.243 e. The van der Waals surface area contributed by atoms with Crippen LogP contribution in [0, 0.1) is 0 Å². The van der Waals surface area contributed by atoms with Gasteiger partial charge in [-0.3, -0.25) is 14.4 Å². The van der Waals surface area contributed by atoms with Crippen LogP contribution in [0.25, 0.3) is 0 Å². The first kappa shape index (κ1) is 21.0. The van der Waals surface area contributed by atoms with Crippen molar-refractivity contribution in [1.29, 1.82) is 0 Å². The number of carbonyl (C=O) groups is 3. The lowest BCUT2D eigenvalue weighted by Gasteiger charge is -2.20. The van der Waals surface area contributed by atoms with Gasteiger partial charge >= 0.3 is 0 Å². The second kappa shape index (κ2) is 8.36. The molecule has 8 nitrogen and oxygen atoms in total. The number of sulfonamides is 1. The number of anilines is 2. The summed E-state index contributed by atoms with van der Waals surface area (Å²) in [6, 6.07) is 10.8. The SMILES string of the molecule is CC(=O)c1ccc(NC(=O)CN(C)S(=O)(=O)c2ccc3c(c2)NC(=O)CS3)cc1. The molecule has 1 aliphatic heterocycles. The number of nitrogens with zero attached hydrogens (tertiary/aromatic N) is 1. The predicted octanol–water partition coefficient (Wildman–Crippen LogP) is 2.19. The number of hydrogen-bond donors (Lipinski definition) is 2. The van der Waals surface area contributed by atoms with E-state index in [1.807, 2.05) is 0 Å². The Labute approximate surface area is 172 Å². The molecule has 2 aromatic carbocycles. The van der Waals surface area contributed by atoms with Crippen LogP contribution in [0.3, 0.4) is 0 Å². The molecule has 0 saturated carbocycles. The zero-order valence-corrected chi connectivity index (χ0v) is 17.4. The number of fused-ring (bicyclic) bond motifs is 1. The quantitative estimate of drug-likeness (QED) is 0.676. The van der Waals surface area contributed by atoms with Gasteiger partial charge in [-0.1, -0.05) is 0 Å². The Morgan fingerprint density at radius 1 is 1.17 bits per heavy atom. The molecule has 152 valence electrons. The van der Waals surface area contributed by atoms with Gasteiger partial charge in [0.05, 0.1) is 22.9 Å². The average molecular weight is 434 g/mol. The molecule has 2 aromatic rings. The first-order chi connectivity index (χ1) is 13.7. The van der Waals surface area contributed by atoms with Crippen molar-refractivity contribution < 1.29 is 22.8 Å². The molecular weight excluding hydrogens is 414 g/mol. The largest absolute Gasteiger partial charge is 0.325 e. The summed E-state index contributed by atoms with van der Waals surface area (Å²) >= 11 is 1.33. The summed E-state index contributed by atoms with van der Waals surface area (Å²) in [5, 5.41) is 5.25. The molecule has 0 aromatic heterocycles. The Balaban J connectivity index is 1.69. The third kappa shape index (κ3) is 4.84. The van der Waals surface area contributed by atoms with E-state index in [9.17, 15) is 22.8 Å². The number of benzene rings is 2. The summed E-state index contributed by atoms with van der Waals surface area (Å²) in [4.78, 5) is 35.9. The lowest BCUT2D eigenvalue weighted by molar-refractivity contribution is -0.116. The van der Waals surface area contributed by atoms with Crippen LogP contribution >= 0.6 is 11.8 Å². The normalized spacial score (nSPS) is 13.6. The van der Waals surface area contributed by atoms with Crippen LogP contribution in [-0.4, -0.2) is 49.7 Å². The molecule has 29 heavy (non-hydrogen) atoms. The highest BCUT2D eigenvalue weighted by molar-refractivity contribution is 8.00. The smallest absolute Gasteiger partial charge is 0.243 e. The molecule has 0 spiro atoms. The lowest BCUT2D eigenvalue weighted by Crippen LogP contribution is -2.35. The monoisotopic (exact) mass is 433 g/mol. The molecule has 0 fully saturated rings. The Bertz CT molecular complexity index is 1080.